The van der Waals surface area contributed by atoms with Crippen LogP contribution < -0.4 is 0 Å². The molecule has 0 saturated heterocycles. The monoisotopic (exact) mass is 258 g/mol. The number of allylic oxidation sites excluding steroid dienone is 2. The van der Waals surface area contributed by atoms with Crippen LogP contribution in [0.4, 0.5) is 0 Å². The van der Waals surface area contributed by atoms with Gasteiger partial charge in [-0.2, -0.15) is 0 Å². The van der Waals surface area contributed by atoms with Crippen molar-refractivity contribution in [3.63, 3.8) is 0 Å². The topological polar surface area (TPSA) is 9.23 Å². The molecule has 0 amide bonds. The molecule has 0 heterocycles. The normalized spacial score (nSPS) is 19.8. The zero-order valence-corrected chi connectivity index (χ0v) is 12.3. The fourth-order valence-electron chi connectivity index (χ4n) is 2.93. The molecule has 0 aliphatic heterocycles. The third kappa shape index (κ3) is 4.50. The van der Waals surface area contributed by atoms with Crippen molar-refractivity contribution >= 4 is 0 Å². The Morgan fingerprint density at radius 3 is 2.74 bits per heavy atom. The summed E-state index contributed by atoms with van der Waals surface area (Å²) in [5, 5.41) is 0. The van der Waals surface area contributed by atoms with Crippen molar-refractivity contribution in [3.05, 3.63) is 47.0 Å². The predicted octanol–water partition coefficient (Wildman–Crippen LogP) is 5.12. The van der Waals surface area contributed by atoms with Crippen molar-refractivity contribution in [1.29, 1.82) is 0 Å². The summed E-state index contributed by atoms with van der Waals surface area (Å²) < 4.78 is 5.80. The molecule has 0 aromatic heterocycles. The summed E-state index contributed by atoms with van der Waals surface area (Å²) in [6.45, 7) is 6.24. The standard InChI is InChI=1S/C18H26O/c1-3-18-13-16(10-9-15(18)2)11-12-19-14-17-7-5-4-6-8-17/h4-8,16H,3,9-14H2,1-2H3. The van der Waals surface area contributed by atoms with Crippen molar-refractivity contribution in [3.8, 4) is 0 Å². The third-order valence-electron chi connectivity index (χ3n) is 4.27. The Morgan fingerprint density at radius 1 is 1.21 bits per heavy atom. The first kappa shape index (κ1) is 14.3. The fourth-order valence-corrected chi connectivity index (χ4v) is 2.93. The summed E-state index contributed by atoms with van der Waals surface area (Å²) in [6, 6.07) is 10.4. The first-order chi connectivity index (χ1) is 9.29. The summed E-state index contributed by atoms with van der Waals surface area (Å²) in [5.41, 5.74) is 4.61. The van der Waals surface area contributed by atoms with Gasteiger partial charge in [-0.3, -0.25) is 0 Å². The van der Waals surface area contributed by atoms with Crippen LogP contribution in [0.25, 0.3) is 0 Å². The van der Waals surface area contributed by atoms with E-state index in [-0.39, 0.29) is 0 Å². The maximum absolute atomic E-state index is 5.80. The summed E-state index contributed by atoms with van der Waals surface area (Å²) >= 11 is 0. The second kappa shape index (κ2) is 7.49. The van der Waals surface area contributed by atoms with E-state index in [1.807, 2.05) is 6.07 Å². The van der Waals surface area contributed by atoms with Gasteiger partial charge in [-0.1, -0.05) is 48.4 Å². The van der Waals surface area contributed by atoms with Gasteiger partial charge < -0.3 is 4.74 Å². The maximum Gasteiger partial charge on any atom is 0.0716 e. The van der Waals surface area contributed by atoms with Crippen LogP contribution in [0.1, 0.15) is 51.5 Å². The summed E-state index contributed by atoms with van der Waals surface area (Å²) in [5.74, 6) is 0.842. The molecule has 0 bridgehead atoms. The van der Waals surface area contributed by atoms with Crippen LogP contribution >= 0.6 is 0 Å². The average Bonchev–Trinajstić information content (AvgIpc) is 2.46. The van der Waals surface area contributed by atoms with E-state index in [0.717, 1.165) is 19.1 Å². The molecule has 1 atom stereocenters. The zero-order valence-electron chi connectivity index (χ0n) is 12.3. The van der Waals surface area contributed by atoms with Crippen molar-refractivity contribution in [1.82, 2.24) is 0 Å². The minimum atomic E-state index is 0.753. The smallest absolute Gasteiger partial charge is 0.0716 e. The molecule has 0 fully saturated rings. The van der Waals surface area contributed by atoms with Crippen LogP contribution in [-0.4, -0.2) is 6.61 Å². The largest absolute Gasteiger partial charge is 0.377 e. The van der Waals surface area contributed by atoms with Gasteiger partial charge in [0.1, 0.15) is 0 Å². The molecule has 1 aromatic rings. The summed E-state index contributed by atoms with van der Waals surface area (Å²) in [6.07, 6.45) is 6.39. The SMILES string of the molecule is CCC1=C(C)CCC(CCOCc2ccccc2)C1. The van der Waals surface area contributed by atoms with Crippen LogP contribution in [-0.2, 0) is 11.3 Å². The minimum absolute atomic E-state index is 0.753. The molecule has 1 nitrogen and oxygen atoms in total. The molecule has 2 rings (SSSR count). The van der Waals surface area contributed by atoms with Gasteiger partial charge in [0, 0.05) is 6.61 Å². The van der Waals surface area contributed by atoms with E-state index >= 15 is 0 Å². The van der Waals surface area contributed by atoms with Crippen molar-refractivity contribution in [2.45, 2.75) is 52.6 Å². The molecule has 1 aliphatic rings. The maximum atomic E-state index is 5.80. The molecule has 1 aliphatic carbocycles. The summed E-state index contributed by atoms with van der Waals surface area (Å²) in [4.78, 5) is 0. The highest BCUT2D eigenvalue weighted by Crippen LogP contribution is 2.32. The lowest BCUT2D eigenvalue weighted by molar-refractivity contribution is 0.105. The van der Waals surface area contributed by atoms with Gasteiger partial charge in [-0.05, 0) is 50.5 Å². The molecule has 1 heteroatoms. The lowest BCUT2D eigenvalue weighted by Gasteiger charge is -2.25. The van der Waals surface area contributed by atoms with Crippen molar-refractivity contribution in [2.24, 2.45) is 5.92 Å². The Kier molecular flexibility index (Phi) is 5.65. The van der Waals surface area contributed by atoms with E-state index in [0.29, 0.717) is 0 Å². The lowest BCUT2D eigenvalue weighted by Crippen LogP contribution is -2.12. The van der Waals surface area contributed by atoms with E-state index < -0.39 is 0 Å². The predicted molar refractivity (Wildman–Crippen MR) is 81.0 cm³/mol. The van der Waals surface area contributed by atoms with E-state index in [1.165, 1.54) is 37.7 Å². The number of hydrogen-bond acceptors (Lipinski definition) is 1. The van der Waals surface area contributed by atoms with Gasteiger partial charge >= 0.3 is 0 Å². The highest BCUT2D eigenvalue weighted by atomic mass is 16.5. The first-order valence-electron chi connectivity index (χ1n) is 7.58. The van der Waals surface area contributed by atoms with E-state index in [1.54, 1.807) is 11.1 Å². The first-order valence-corrected chi connectivity index (χ1v) is 7.58. The van der Waals surface area contributed by atoms with Crippen LogP contribution in [0.3, 0.4) is 0 Å². The highest BCUT2D eigenvalue weighted by Gasteiger charge is 2.17. The van der Waals surface area contributed by atoms with Crippen LogP contribution in [0, 0.1) is 5.92 Å². The van der Waals surface area contributed by atoms with Gasteiger partial charge in [-0.15, -0.1) is 0 Å². The third-order valence-corrected chi connectivity index (χ3v) is 4.27. The van der Waals surface area contributed by atoms with Gasteiger partial charge in [0.25, 0.3) is 0 Å². The molecular weight excluding hydrogens is 232 g/mol. The number of hydrogen-bond donors (Lipinski definition) is 0. The van der Waals surface area contributed by atoms with E-state index in [4.69, 9.17) is 4.74 Å². The number of rotatable bonds is 6. The van der Waals surface area contributed by atoms with Crippen molar-refractivity contribution < 1.29 is 4.74 Å². The lowest BCUT2D eigenvalue weighted by atomic mass is 9.82. The summed E-state index contributed by atoms with van der Waals surface area (Å²) in [7, 11) is 0. The molecule has 1 unspecified atom stereocenters. The molecule has 104 valence electrons. The van der Waals surface area contributed by atoms with Crippen LogP contribution in [0.2, 0.25) is 0 Å². The Balaban J connectivity index is 1.67. The fraction of sp³-hybridized carbons (Fsp3) is 0.556. The molecule has 0 radical (unpaired) electrons. The van der Waals surface area contributed by atoms with E-state index in [2.05, 4.69) is 38.1 Å². The average molecular weight is 258 g/mol. The number of ether oxygens (including phenoxy) is 1. The second-order valence-electron chi connectivity index (χ2n) is 5.67. The van der Waals surface area contributed by atoms with Crippen molar-refractivity contribution in [2.75, 3.05) is 6.61 Å². The Labute approximate surface area is 117 Å². The Bertz CT molecular complexity index is 405. The van der Waals surface area contributed by atoms with Gasteiger partial charge in [0.2, 0.25) is 0 Å². The Morgan fingerprint density at radius 2 is 2.00 bits per heavy atom. The number of benzene rings is 1. The van der Waals surface area contributed by atoms with Gasteiger partial charge in [0.05, 0.1) is 6.61 Å². The highest BCUT2D eigenvalue weighted by molar-refractivity contribution is 5.15. The molecule has 0 saturated carbocycles. The molecule has 0 N–H and O–H groups in total. The van der Waals surface area contributed by atoms with E-state index in [9.17, 15) is 0 Å². The quantitative estimate of drug-likeness (QED) is 0.508. The van der Waals surface area contributed by atoms with Gasteiger partial charge in [0.15, 0.2) is 0 Å². The zero-order chi connectivity index (χ0) is 13.5. The Hall–Kier alpha value is -1.08. The minimum Gasteiger partial charge on any atom is -0.377 e. The van der Waals surface area contributed by atoms with Crippen LogP contribution in [0.5, 0.6) is 0 Å². The molecular formula is C18H26O. The van der Waals surface area contributed by atoms with Gasteiger partial charge in [-0.25, -0.2) is 0 Å². The molecule has 19 heavy (non-hydrogen) atoms. The van der Waals surface area contributed by atoms with Crippen LogP contribution in [0.15, 0.2) is 41.5 Å². The molecule has 1 aromatic carbocycles. The second-order valence-corrected chi connectivity index (χ2v) is 5.67. The molecule has 0 spiro atoms.